The van der Waals surface area contributed by atoms with Crippen molar-refractivity contribution in [2.24, 2.45) is 0 Å². The molecular formula is C9H13ClN2O. The van der Waals surface area contributed by atoms with Crippen LogP contribution >= 0.6 is 11.6 Å². The number of nitrogens with one attached hydrogen (secondary N) is 1. The third kappa shape index (κ3) is 3.51. The van der Waals surface area contributed by atoms with Crippen LogP contribution in [-0.4, -0.2) is 22.4 Å². The van der Waals surface area contributed by atoms with Gasteiger partial charge in [-0.15, -0.1) is 11.6 Å². The first-order valence-electron chi connectivity index (χ1n) is 4.22. The first-order chi connectivity index (χ1) is 6.20. The molecule has 1 amide bonds. The summed E-state index contributed by atoms with van der Waals surface area (Å²) < 4.78 is 2.00. The molecule has 72 valence electrons. The number of rotatable bonds is 4. The first-order valence-corrected chi connectivity index (χ1v) is 4.66. The zero-order valence-electron chi connectivity index (χ0n) is 7.53. The predicted molar refractivity (Wildman–Crippen MR) is 52.8 cm³/mol. The number of hydrogen-bond donors (Lipinski definition) is 1. The fraction of sp³-hybridized carbons (Fsp3) is 0.444. The van der Waals surface area contributed by atoms with Crippen LogP contribution in [0.3, 0.4) is 0 Å². The lowest BCUT2D eigenvalue weighted by Crippen LogP contribution is -2.32. The van der Waals surface area contributed by atoms with Gasteiger partial charge >= 0.3 is 0 Å². The van der Waals surface area contributed by atoms with E-state index in [1.54, 1.807) is 6.92 Å². The van der Waals surface area contributed by atoms with Gasteiger partial charge in [0.1, 0.15) is 5.38 Å². The molecule has 0 saturated heterocycles. The van der Waals surface area contributed by atoms with Crippen molar-refractivity contribution in [3.8, 4) is 0 Å². The zero-order valence-corrected chi connectivity index (χ0v) is 8.29. The Morgan fingerprint density at radius 2 is 2.15 bits per heavy atom. The van der Waals surface area contributed by atoms with E-state index < -0.39 is 5.38 Å². The summed E-state index contributed by atoms with van der Waals surface area (Å²) in [6.07, 6.45) is 3.91. The van der Waals surface area contributed by atoms with Crippen LogP contribution in [-0.2, 0) is 11.3 Å². The molecule has 0 saturated carbocycles. The van der Waals surface area contributed by atoms with Gasteiger partial charge in [-0.3, -0.25) is 4.79 Å². The molecule has 1 aromatic rings. The number of hydrogen-bond acceptors (Lipinski definition) is 1. The van der Waals surface area contributed by atoms with E-state index in [-0.39, 0.29) is 5.91 Å². The molecule has 0 aliphatic rings. The number of aromatic nitrogens is 1. The second kappa shape index (κ2) is 4.92. The predicted octanol–water partition coefficient (Wildman–Crippen LogP) is 1.23. The summed E-state index contributed by atoms with van der Waals surface area (Å²) in [5.74, 6) is -0.117. The van der Waals surface area contributed by atoms with Gasteiger partial charge in [-0.2, -0.15) is 0 Å². The van der Waals surface area contributed by atoms with Crippen molar-refractivity contribution >= 4 is 17.5 Å². The van der Waals surface area contributed by atoms with Gasteiger partial charge in [-0.25, -0.2) is 0 Å². The molecule has 1 atom stereocenters. The van der Waals surface area contributed by atoms with Gasteiger partial charge in [0.15, 0.2) is 0 Å². The van der Waals surface area contributed by atoms with Crippen LogP contribution in [0, 0.1) is 0 Å². The number of amides is 1. The lowest BCUT2D eigenvalue weighted by molar-refractivity contribution is -0.120. The standard InChI is InChI=1S/C9H13ClN2O/c1-8(10)9(13)11-4-7-12-5-2-3-6-12/h2-3,5-6,8H,4,7H2,1H3,(H,11,13). The van der Waals surface area contributed by atoms with Crippen LogP contribution in [0.1, 0.15) is 6.92 Å². The van der Waals surface area contributed by atoms with E-state index in [4.69, 9.17) is 11.6 Å². The number of carbonyl (C=O) groups excluding carboxylic acids is 1. The maximum Gasteiger partial charge on any atom is 0.237 e. The summed E-state index contributed by atoms with van der Waals surface area (Å²) >= 11 is 5.57. The van der Waals surface area contributed by atoms with Crippen molar-refractivity contribution in [3.05, 3.63) is 24.5 Å². The summed E-state index contributed by atoms with van der Waals surface area (Å²) in [6, 6.07) is 3.90. The average molecular weight is 201 g/mol. The Morgan fingerprint density at radius 1 is 1.54 bits per heavy atom. The van der Waals surface area contributed by atoms with Gasteiger partial charge in [0.05, 0.1) is 0 Å². The second-order valence-corrected chi connectivity index (χ2v) is 3.48. The third-order valence-electron chi connectivity index (χ3n) is 1.70. The van der Waals surface area contributed by atoms with Gasteiger partial charge in [-0.05, 0) is 19.1 Å². The molecule has 0 bridgehead atoms. The highest BCUT2D eigenvalue weighted by Crippen LogP contribution is 1.92. The van der Waals surface area contributed by atoms with Gasteiger partial charge in [0.2, 0.25) is 5.91 Å². The molecule has 1 unspecified atom stereocenters. The SMILES string of the molecule is CC(Cl)C(=O)NCCn1cccc1. The highest BCUT2D eigenvalue weighted by atomic mass is 35.5. The monoisotopic (exact) mass is 200 g/mol. The summed E-state index contributed by atoms with van der Waals surface area (Å²) in [6.45, 7) is 3.06. The Hall–Kier alpha value is -0.960. The van der Waals surface area contributed by atoms with Gasteiger partial charge in [0.25, 0.3) is 0 Å². The molecule has 0 aromatic carbocycles. The van der Waals surface area contributed by atoms with Crippen molar-refractivity contribution in [2.75, 3.05) is 6.54 Å². The minimum atomic E-state index is -0.454. The molecule has 0 aliphatic heterocycles. The molecule has 0 spiro atoms. The molecule has 13 heavy (non-hydrogen) atoms. The molecule has 1 rings (SSSR count). The lowest BCUT2D eigenvalue weighted by atomic mass is 10.4. The van der Waals surface area contributed by atoms with Crippen molar-refractivity contribution in [1.82, 2.24) is 9.88 Å². The summed E-state index contributed by atoms with van der Waals surface area (Å²) in [4.78, 5) is 11.0. The molecule has 0 aliphatic carbocycles. The van der Waals surface area contributed by atoms with Gasteiger partial charge in [0, 0.05) is 25.5 Å². The van der Waals surface area contributed by atoms with Crippen molar-refractivity contribution < 1.29 is 4.79 Å². The molecule has 0 radical (unpaired) electrons. The zero-order chi connectivity index (χ0) is 9.68. The normalized spacial score (nSPS) is 12.5. The van der Waals surface area contributed by atoms with E-state index in [9.17, 15) is 4.79 Å². The Balaban J connectivity index is 2.18. The maximum atomic E-state index is 11.0. The smallest absolute Gasteiger partial charge is 0.237 e. The molecular weight excluding hydrogens is 188 g/mol. The van der Waals surface area contributed by atoms with E-state index in [1.807, 2.05) is 29.1 Å². The highest BCUT2D eigenvalue weighted by molar-refractivity contribution is 6.30. The lowest BCUT2D eigenvalue weighted by Gasteiger charge is -2.06. The van der Waals surface area contributed by atoms with Crippen LogP contribution in [0.25, 0.3) is 0 Å². The minimum Gasteiger partial charge on any atom is -0.353 e. The number of nitrogens with zero attached hydrogens (tertiary/aromatic N) is 1. The molecule has 1 heterocycles. The Bertz CT molecular complexity index is 257. The molecule has 0 fully saturated rings. The van der Waals surface area contributed by atoms with E-state index in [2.05, 4.69) is 5.32 Å². The third-order valence-corrected chi connectivity index (χ3v) is 1.89. The minimum absolute atomic E-state index is 0.117. The van der Waals surface area contributed by atoms with E-state index in [1.165, 1.54) is 0 Å². The number of alkyl halides is 1. The fourth-order valence-corrected chi connectivity index (χ4v) is 1.05. The van der Waals surface area contributed by atoms with E-state index in [0.717, 1.165) is 6.54 Å². The van der Waals surface area contributed by atoms with Crippen molar-refractivity contribution in [2.45, 2.75) is 18.8 Å². The Labute approximate surface area is 82.7 Å². The van der Waals surface area contributed by atoms with Crippen LogP contribution in [0.2, 0.25) is 0 Å². The van der Waals surface area contributed by atoms with Crippen LogP contribution in [0.5, 0.6) is 0 Å². The summed E-state index contributed by atoms with van der Waals surface area (Å²) in [5.41, 5.74) is 0. The second-order valence-electron chi connectivity index (χ2n) is 2.83. The largest absolute Gasteiger partial charge is 0.353 e. The van der Waals surface area contributed by atoms with Crippen LogP contribution in [0.15, 0.2) is 24.5 Å². The number of halogens is 1. The van der Waals surface area contributed by atoms with Crippen molar-refractivity contribution in [1.29, 1.82) is 0 Å². The quantitative estimate of drug-likeness (QED) is 0.729. The molecule has 3 nitrogen and oxygen atoms in total. The first kappa shape index (κ1) is 10.1. The Morgan fingerprint density at radius 3 is 2.69 bits per heavy atom. The average Bonchev–Trinajstić information content (AvgIpc) is 2.56. The molecule has 1 N–H and O–H groups in total. The number of carbonyl (C=O) groups is 1. The molecule has 1 aromatic heterocycles. The fourth-order valence-electron chi connectivity index (χ4n) is 0.968. The maximum absolute atomic E-state index is 11.0. The highest BCUT2D eigenvalue weighted by Gasteiger charge is 2.06. The van der Waals surface area contributed by atoms with Crippen LogP contribution < -0.4 is 5.32 Å². The van der Waals surface area contributed by atoms with Gasteiger partial charge in [-0.1, -0.05) is 0 Å². The van der Waals surface area contributed by atoms with Crippen molar-refractivity contribution in [3.63, 3.8) is 0 Å². The van der Waals surface area contributed by atoms with E-state index >= 15 is 0 Å². The summed E-state index contributed by atoms with van der Waals surface area (Å²) in [5, 5.41) is 2.27. The summed E-state index contributed by atoms with van der Waals surface area (Å²) in [7, 11) is 0. The molecule has 4 heteroatoms. The Kier molecular flexibility index (Phi) is 3.83. The van der Waals surface area contributed by atoms with Crippen LogP contribution in [0.4, 0.5) is 0 Å². The van der Waals surface area contributed by atoms with Gasteiger partial charge < -0.3 is 9.88 Å². The topological polar surface area (TPSA) is 34.0 Å². The van der Waals surface area contributed by atoms with E-state index in [0.29, 0.717) is 6.54 Å².